The first kappa shape index (κ1) is 15.0. The molecule has 0 saturated carbocycles. The first-order valence-electron chi connectivity index (χ1n) is 7.42. The summed E-state index contributed by atoms with van der Waals surface area (Å²) in [7, 11) is -1.55. The number of nitrogens with one attached hydrogen (secondary N) is 1. The van der Waals surface area contributed by atoms with E-state index in [1.807, 2.05) is 7.05 Å². The van der Waals surface area contributed by atoms with Crippen molar-refractivity contribution in [2.45, 2.75) is 42.9 Å². The third kappa shape index (κ3) is 3.13. The zero-order valence-electron chi connectivity index (χ0n) is 12.2. The summed E-state index contributed by atoms with van der Waals surface area (Å²) in [5.41, 5.74) is 0. The summed E-state index contributed by atoms with van der Waals surface area (Å²) in [4.78, 5) is 0.285. The zero-order chi connectivity index (χ0) is 14.9. The maximum Gasteiger partial charge on any atom is 0.246 e. The Morgan fingerprint density at radius 2 is 2.10 bits per heavy atom. The number of ether oxygens (including phenoxy) is 1. The molecule has 2 fully saturated rings. The molecule has 2 aliphatic heterocycles. The van der Waals surface area contributed by atoms with Crippen molar-refractivity contribution in [2.24, 2.45) is 0 Å². The Morgan fingerprint density at radius 3 is 2.76 bits per heavy atom. The van der Waals surface area contributed by atoms with Gasteiger partial charge in [0.15, 0.2) is 0 Å². The summed E-state index contributed by atoms with van der Waals surface area (Å²) >= 11 is 0. The minimum atomic E-state index is -3.44. The lowest BCUT2D eigenvalue weighted by Gasteiger charge is -2.30. The summed E-state index contributed by atoms with van der Waals surface area (Å²) in [6.07, 6.45) is 6.03. The van der Waals surface area contributed by atoms with Crippen molar-refractivity contribution in [2.75, 3.05) is 26.7 Å². The van der Waals surface area contributed by atoms with Gasteiger partial charge in [-0.15, -0.1) is 0 Å². The number of hydrogen-bond acceptors (Lipinski definition) is 5. The summed E-state index contributed by atoms with van der Waals surface area (Å²) in [6.45, 7) is 2.52. The average Bonchev–Trinajstić information content (AvgIpc) is 3.06. The summed E-state index contributed by atoms with van der Waals surface area (Å²) < 4.78 is 34.2. The van der Waals surface area contributed by atoms with E-state index in [-0.39, 0.29) is 17.1 Å². The number of sulfonamides is 1. The predicted molar refractivity (Wildman–Crippen MR) is 77.4 cm³/mol. The molecule has 118 valence electrons. The SMILES string of the molecule is CNCCCn1cc(S(=O)(=O)N2CC3CCC(C2)O3)cn1. The molecule has 0 spiro atoms. The van der Waals surface area contributed by atoms with E-state index in [0.29, 0.717) is 19.6 Å². The molecular weight excluding hydrogens is 292 g/mol. The van der Waals surface area contributed by atoms with Gasteiger partial charge in [0.25, 0.3) is 0 Å². The molecule has 1 aromatic heterocycles. The fourth-order valence-corrected chi connectivity index (χ4v) is 4.40. The Balaban J connectivity index is 1.70. The van der Waals surface area contributed by atoms with E-state index in [9.17, 15) is 8.42 Å². The van der Waals surface area contributed by atoms with Crippen LogP contribution >= 0.6 is 0 Å². The number of hydrogen-bond donors (Lipinski definition) is 1. The Kier molecular flexibility index (Phi) is 4.30. The topological polar surface area (TPSA) is 76.5 Å². The fraction of sp³-hybridized carbons (Fsp3) is 0.769. The molecule has 2 saturated heterocycles. The van der Waals surface area contributed by atoms with Crippen LogP contribution in [0.25, 0.3) is 0 Å². The van der Waals surface area contributed by atoms with Gasteiger partial charge in [0.05, 0.1) is 18.4 Å². The van der Waals surface area contributed by atoms with Crippen molar-refractivity contribution in [3.8, 4) is 0 Å². The molecule has 2 aliphatic rings. The van der Waals surface area contributed by atoms with Gasteiger partial charge in [-0.1, -0.05) is 0 Å². The van der Waals surface area contributed by atoms with Crippen molar-refractivity contribution in [1.29, 1.82) is 0 Å². The highest BCUT2D eigenvalue weighted by molar-refractivity contribution is 7.89. The zero-order valence-corrected chi connectivity index (χ0v) is 13.1. The van der Waals surface area contributed by atoms with Gasteiger partial charge in [0.1, 0.15) is 4.90 Å². The number of aromatic nitrogens is 2. The number of aryl methyl sites for hydroxylation is 1. The highest BCUT2D eigenvalue weighted by Crippen LogP contribution is 2.29. The van der Waals surface area contributed by atoms with Crippen LogP contribution in [0.4, 0.5) is 0 Å². The second kappa shape index (κ2) is 6.04. The van der Waals surface area contributed by atoms with Crippen molar-refractivity contribution >= 4 is 10.0 Å². The minimum Gasteiger partial charge on any atom is -0.372 e. The molecule has 1 aromatic rings. The van der Waals surface area contributed by atoms with E-state index in [0.717, 1.165) is 25.8 Å². The van der Waals surface area contributed by atoms with Crippen molar-refractivity contribution in [3.05, 3.63) is 12.4 Å². The molecule has 8 heteroatoms. The smallest absolute Gasteiger partial charge is 0.246 e. The van der Waals surface area contributed by atoms with Gasteiger partial charge in [-0.05, 0) is 32.9 Å². The van der Waals surface area contributed by atoms with Gasteiger partial charge in [-0.2, -0.15) is 9.40 Å². The quantitative estimate of drug-likeness (QED) is 0.751. The van der Waals surface area contributed by atoms with Crippen LogP contribution < -0.4 is 5.32 Å². The normalized spacial score (nSPS) is 26.3. The first-order chi connectivity index (χ1) is 10.1. The molecule has 1 N–H and O–H groups in total. The first-order valence-corrected chi connectivity index (χ1v) is 8.86. The lowest BCUT2D eigenvalue weighted by Crippen LogP contribution is -2.45. The molecule has 3 heterocycles. The molecular formula is C13H22N4O3S. The summed E-state index contributed by atoms with van der Waals surface area (Å²) in [5.74, 6) is 0. The van der Waals surface area contributed by atoms with Crippen LogP contribution in [0.5, 0.6) is 0 Å². The third-order valence-corrected chi connectivity index (χ3v) is 5.86. The van der Waals surface area contributed by atoms with Crippen LogP contribution in [0.2, 0.25) is 0 Å². The Hall–Kier alpha value is -0.960. The second-order valence-electron chi connectivity index (χ2n) is 5.68. The van der Waals surface area contributed by atoms with Crippen LogP contribution in [-0.2, 0) is 21.3 Å². The van der Waals surface area contributed by atoms with Gasteiger partial charge in [0, 0.05) is 25.8 Å². The van der Waals surface area contributed by atoms with Crippen LogP contribution in [0.15, 0.2) is 17.3 Å². The van der Waals surface area contributed by atoms with Crippen molar-refractivity contribution in [1.82, 2.24) is 19.4 Å². The largest absolute Gasteiger partial charge is 0.372 e. The van der Waals surface area contributed by atoms with Gasteiger partial charge >= 0.3 is 0 Å². The van der Waals surface area contributed by atoms with Gasteiger partial charge < -0.3 is 10.1 Å². The lowest BCUT2D eigenvalue weighted by atomic mass is 10.2. The standard InChI is InChI=1S/C13H22N4O3S/c1-14-5-2-6-16-10-13(7-15-16)21(18,19)17-8-11-3-4-12(9-17)20-11/h7,10-12,14H,2-6,8-9H2,1H3. The summed E-state index contributed by atoms with van der Waals surface area (Å²) in [5, 5.41) is 7.22. The van der Waals surface area contributed by atoms with E-state index in [4.69, 9.17) is 4.74 Å². The monoisotopic (exact) mass is 314 g/mol. The predicted octanol–water partition coefficient (Wildman–Crippen LogP) is 0.0445. The lowest BCUT2D eigenvalue weighted by molar-refractivity contribution is -0.0114. The Morgan fingerprint density at radius 1 is 1.38 bits per heavy atom. The van der Waals surface area contributed by atoms with Crippen molar-refractivity contribution < 1.29 is 13.2 Å². The molecule has 7 nitrogen and oxygen atoms in total. The molecule has 0 aliphatic carbocycles. The number of fused-ring (bicyclic) bond motifs is 2. The number of morpholine rings is 1. The molecule has 0 radical (unpaired) electrons. The number of nitrogens with zero attached hydrogens (tertiary/aromatic N) is 3. The molecule has 3 rings (SSSR count). The maximum absolute atomic E-state index is 12.7. The van der Waals surface area contributed by atoms with Crippen molar-refractivity contribution in [3.63, 3.8) is 0 Å². The molecule has 2 unspecified atom stereocenters. The minimum absolute atomic E-state index is 0.0594. The second-order valence-corrected chi connectivity index (χ2v) is 7.61. The molecule has 2 bridgehead atoms. The van der Waals surface area contributed by atoms with E-state index < -0.39 is 10.0 Å². The summed E-state index contributed by atoms with van der Waals surface area (Å²) in [6, 6.07) is 0. The van der Waals surface area contributed by atoms with E-state index in [2.05, 4.69) is 10.4 Å². The van der Waals surface area contributed by atoms with Crippen LogP contribution in [0.3, 0.4) is 0 Å². The van der Waals surface area contributed by atoms with Gasteiger partial charge in [-0.3, -0.25) is 4.68 Å². The molecule has 21 heavy (non-hydrogen) atoms. The number of rotatable bonds is 6. The van der Waals surface area contributed by atoms with Crippen LogP contribution in [-0.4, -0.2) is 61.4 Å². The Bertz CT molecular complexity index is 574. The maximum atomic E-state index is 12.7. The fourth-order valence-electron chi connectivity index (χ4n) is 2.94. The molecule has 0 amide bonds. The van der Waals surface area contributed by atoms with Gasteiger partial charge in [-0.25, -0.2) is 8.42 Å². The molecule has 0 aromatic carbocycles. The Labute approximate surface area is 125 Å². The third-order valence-electron chi connectivity index (χ3n) is 4.07. The molecule has 2 atom stereocenters. The van der Waals surface area contributed by atoms with E-state index in [1.165, 1.54) is 6.20 Å². The highest BCUT2D eigenvalue weighted by Gasteiger charge is 2.39. The van der Waals surface area contributed by atoms with Crippen LogP contribution in [0.1, 0.15) is 19.3 Å². The highest BCUT2D eigenvalue weighted by atomic mass is 32.2. The van der Waals surface area contributed by atoms with E-state index in [1.54, 1.807) is 15.2 Å². The van der Waals surface area contributed by atoms with Gasteiger partial charge in [0.2, 0.25) is 10.0 Å². The van der Waals surface area contributed by atoms with E-state index >= 15 is 0 Å². The van der Waals surface area contributed by atoms with Crippen LogP contribution in [0, 0.1) is 0 Å². The average molecular weight is 314 g/mol.